The van der Waals surface area contributed by atoms with Crippen molar-refractivity contribution in [3.05, 3.63) is 53.0 Å². The van der Waals surface area contributed by atoms with Gasteiger partial charge in [-0.1, -0.05) is 31.0 Å². The topological polar surface area (TPSA) is 74.0 Å². The highest BCUT2D eigenvalue weighted by molar-refractivity contribution is 6.11. The molecule has 3 heterocycles. The first-order valence-electron chi connectivity index (χ1n) is 10.4. The molecule has 0 bridgehead atoms. The number of carbonyl (C=O) groups is 2. The van der Waals surface area contributed by atoms with Crippen LogP contribution in [0.25, 0.3) is 0 Å². The molecule has 1 saturated heterocycles. The second-order valence-corrected chi connectivity index (χ2v) is 8.23. The van der Waals surface area contributed by atoms with Crippen molar-refractivity contribution in [3.63, 3.8) is 0 Å². The lowest BCUT2D eigenvalue weighted by atomic mass is 9.87. The molecule has 0 aliphatic carbocycles. The van der Waals surface area contributed by atoms with E-state index in [0.29, 0.717) is 29.2 Å². The molecule has 1 aromatic carbocycles. The number of Topliss-reactive ketones (excluding diaryl/α,β-unsaturated/α-hetero) is 1. The molecule has 6 heteroatoms. The SMILES string of the molecule is Cc1coc(C)c1C(=O)CC1(O)C(=O)N(CN2CCCCCC2)c2ccccc21. The van der Waals surface area contributed by atoms with Gasteiger partial charge in [-0.25, -0.2) is 0 Å². The largest absolute Gasteiger partial charge is 0.469 e. The summed E-state index contributed by atoms with van der Waals surface area (Å²) in [5.41, 5.74) is 0.519. The molecule has 1 unspecified atom stereocenters. The number of fused-ring (bicyclic) bond motifs is 1. The number of hydrogen-bond donors (Lipinski definition) is 1. The third kappa shape index (κ3) is 3.51. The van der Waals surface area contributed by atoms with Crippen LogP contribution in [-0.4, -0.2) is 41.5 Å². The van der Waals surface area contributed by atoms with E-state index in [1.807, 2.05) is 12.1 Å². The monoisotopic (exact) mass is 396 g/mol. The highest BCUT2D eigenvalue weighted by Gasteiger charge is 2.51. The van der Waals surface area contributed by atoms with Crippen molar-refractivity contribution in [2.45, 2.75) is 51.6 Å². The lowest BCUT2D eigenvalue weighted by Gasteiger charge is -2.28. The molecule has 2 aliphatic heterocycles. The van der Waals surface area contributed by atoms with E-state index < -0.39 is 11.5 Å². The van der Waals surface area contributed by atoms with Crippen LogP contribution >= 0.6 is 0 Å². The van der Waals surface area contributed by atoms with E-state index in [1.165, 1.54) is 19.1 Å². The average Bonchev–Trinajstić information content (AvgIpc) is 2.99. The number of furan rings is 1. The van der Waals surface area contributed by atoms with Crippen LogP contribution in [0.3, 0.4) is 0 Å². The Morgan fingerprint density at radius 2 is 1.83 bits per heavy atom. The van der Waals surface area contributed by atoms with Crippen LogP contribution in [-0.2, 0) is 10.4 Å². The number of aliphatic hydroxyl groups is 1. The second-order valence-electron chi connectivity index (χ2n) is 8.23. The van der Waals surface area contributed by atoms with Crippen molar-refractivity contribution in [2.75, 3.05) is 24.7 Å². The van der Waals surface area contributed by atoms with Crippen LogP contribution < -0.4 is 4.90 Å². The number of benzene rings is 1. The van der Waals surface area contributed by atoms with Gasteiger partial charge >= 0.3 is 0 Å². The summed E-state index contributed by atoms with van der Waals surface area (Å²) in [5.74, 6) is -0.192. The van der Waals surface area contributed by atoms with E-state index in [1.54, 1.807) is 30.9 Å². The number of para-hydroxylation sites is 1. The highest BCUT2D eigenvalue weighted by Crippen LogP contribution is 2.43. The van der Waals surface area contributed by atoms with Crippen molar-refractivity contribution >= 4 is 17.4 Å². The Hall–Kier alpha value is -2.44. The van der Waals surface area contributed by atoms with Gasteiger partial charge in [-0.15, -0.1) is 0 Å². The zero-order valence-electron chi connectivity index (χ0n) is 17.1. The number of amides is 1. The van der Waals surface area contributed by atoms with Gasteiger partial charge in [0.25, 0.3) is 5.91 Å². The summed E-state index contributed by atoms with van der Waals surface area (Å²) < 4.78 is 5.34. The zero-order valence-corrected chi connectivity index (χ0v) is 17.1. The molecule has 29 heavy (non-hydrogen) atoms. The lowest BCUT2D eigenvalue weighted by Crippen LogP contribution is -2.46. The van der Waals surface area contributed by atoms with Gasteiger partial charge in [0.2, 0.25) is 0 Å². The number of nitrogens with zero attached hydrogens (tertiary/aromatic N) is 2. The first-order valence-corrected chi connectivity index (χ1v) is 10.4. The summed E-state index contributed by atoms with van der Waals surface area (Å²) in [7, 11) is 0. The van der Waals surface area contributed by atoms with Gasteiger partial charge < -0.3 is 9.52 Å². The van der Waals surface area contributed by atoms with Crippen molar-refractivity contribution in [3.8, 4) is 0 Å². The van der Waals surface area contributed by atoms with E-state index in [9.17, 15) is 14.7 Å². The van der Waals surface area contributed by atoms with E-state index in [4.69, 9.17) is 4.42 Å². The predicted octanol–water partition coefficient (Wildman–Crippen LogP) is 3.54. The number of likely N-dealkylation sites (tertiary alicyclic amines) is 1. The molecule has 1 aromatic heterocycles. The second kappa shape index (κ2) is 7.76. The summed E-state index contributed by atoms with van der Waals surface area (Å²) in [6.07, 6.45) is 5.89. The van der Waals surface area contributed by atoms with Crippen LogP contribution in [0.15, 0.2) is 34.9 Å². The third-order valence-electron chi connectivity index (χ3n) is 6.13. The van der Waals surface area contributed by atoms with Crippen LogP contribution in [0.4, 0.5) is 5.69 Å². The lowest BCUT2D eigenvalue weighted by molar-refractivity contribution is -0.136. The number of rotatable bonds is 5. The maximum Gasteiger partial charge on any atom is 0.265 e. The third-order valence-corrected chi connectivity index (χ3v) is 6.13. The van der Waals surface area contributed by atoms with Gasteiger partial charge in [0.1, 0.15) is 5.76 Å². The van der Waals surface area contributed by atoms with Crippen molar-refractivity contribution in [1.82, 2.24) is 4.90 Å². The highest BCUT2D eigenvalue weighted by atomic mass is 16.3. The van der Waals surface area contributed by atoms with Crippen LogP contribution in [0.5, 0.6) is 0 Å². The molecule has 0 radical (unpaired) electrons. The predicted molar refractivity (Wildman–Crippen MR) is 110 cm³/mol. The number of ketones is 1. The first kappa shape index (κ1) is 19.9. The summed E-state index contributed by atoms with van der Waals surface area (Å²) in [6, 6.07) is 7.25. The standard InChI is InChI=1S/C23H28N2O4/c1-16-14-29-17(2)21(16)20(26)13-23(28)18-9-5-6-10-19(18)25(22(23)27)15-24-11-7-3-4-8-12-24/h5-6,9-10,14,28H,3-4,7-8,11-13,15H2,1-2H3. The number of carbonyl (C=O) groups excluding carboxylic acids is 2. The Balaban J connectivity index is 1.63. The minimum Gasteiger partial charge on any atom is -0.469 e. The average molecular weight is 396 g/mol. The minimum atomic E-state index is -1.85. The minimum absolute atomic E-state index is 0.281. The van der Waals surface area contributed by atoms with Crippen molar-refractivity contribution in [2.24, 2.45) is 0 Å². The fraction of sp³-hybridized carbons (Fsp3) is 0.478. The maximum atomic E-state index is 13.4. The molecular formula is C23H28N2O4. The molecule has 1 atom stereocenters. The Labute approximate surface area is 171 Å². The zero-order chi connectivity index (χ0) is 20.6. The molecular weight excluding hydrogens is 368 g/mol. The summed E-state index contributed by atoms with van der Waals surface area (Å²) in [5, 5.41) is 11.5. The quantitative estimate of drug-likeness (QED) is 0.783. The molecule has 0 spiro atoms. The van der Waals surface area contributed by atoms with Crippen LogP contribution in [0.2, 0.25) is 0 Å². The molecule has 2 aromatic rings. The van der Waals surface area contributed by atoms with Crippen LogP contribution in [0.1, 0.15) is 59.3 Å². The van der Waals surface area contributed by atoms with Gasteiger partial charge in [0.05, 0.1) is 30.6 Å². The smallest absolute Gasteiger partial charge is 0.265 e. The van der Waals surface area contributed by atoms with Gasteiger partial charge in [-0.3, -0.25) is 19.4 Å². The molecule has 6 nitrogen and oxygen atoms in total. The maximum absolute atomic E-state index is 13.4. The molecule has 1 fully saturated rings. The molecule has 4 rings (SSSR count). The van der Waals surface area contributed by atoms with Gasteiger partial charge in [0.15, 0.2) is 11.4 Å². The molecule has 2 aliphatic rings. The van der Waals surface area contributed by atoms with Gasteiger partial charge in [-0.2, -0.15) is 0 Å². The Kier molecular flexibility index (Phi) is 5.32. The normalized spacial score (nSPS) is 22.6. The van der Waals surface area contributed by atoms with E-state index in [0.717, 1.165) is 31.5 Å². The van der Waals surface area contributed by atoms with E-state index in [2.05, 4.69) is 4.90 Å². The number of hydrogen-bond acceptors (Lipinski definition) is 5. The Morgan fingerprint density at radius 1 is 1.14 bits per heavy atom. The Bertz CT molecular complexity index is 907. The molecule has 154 valence electrons. The van der Waals surface area contributed by atoms with Gasteiger partial charge in [0, 0.05) is 5.56 Å². The van der Waals surface area contributed by atoms with Crippen molar-refractivity contribution in [1.29, 1.82) is 0 Å². The fourth-order valence-corrected chi connectivity index (χ4v) is 4.60. The van der Waals surface area contributed by atoms with Gasteiger partial charge in [-0.05, 0) is 51.4 Å². The van der Waals surface area contributed by atoms with E-state index >= 15 is 0 Å². The molecule has 0 saturated carbocycles. The molecule has 1 N–H and O–H groups in total. The first-order chi connectivity index (χ1) is 13.9. The fourth-order valence-electron chi connectivity index (χ4n) is 4.60. The van der Waals surface area contributed by atoms with Crippen LogP contribution in [0, 0.1) is 13.8 Å². The van der Waals surface area contributed by atoms with E-state index in [-0.39, 0.29) is 12.2 Å². The Morgan fingerprint density at radius 3 is 2.48 bits per heavy atom. The molecule has 1 amide bonds. The van der Waals surface area contributed by atoms with Crippen molar-refractivity contribution < 1.29 is 19.1 Å². The summed E-state index contributed by atoms with van der Waals surface area (Å²) in [4.78, 5) is 30.3. The number of anilines is 1. The summed E-state index contributed by atoms with van der Waals surface area (Å²) >= 11 is 0. The summed E-state index contributed by atoms with van der Waals surface area (Å²) in [6.45, 7) is 5.84. The number of aryl methyl sites for hydroxylation is 2.